The SMILES string of the molecule is COc1ccc(C(=O)COCCN)c(C)c1. The molecule has 88 valence electrons. The largest absolute Gasteiger partial charge is 0.497 e. The Hall–Kier alpha value is -1.39. The molecule has 0 aromatic heterocycles. The number of methoxy groups -OCH3 is 1. The van der Waals surface area contributed by atoms with E-state index in [-0.39, 0.29) is 12.4 Å². The zero-order chi connectivity index (χ0) is 12.0. The van der Waals surface area contributed by atoms with Gasteiger partial charge in [-0.05, 0) is 30.7 Å². The van der Waals surface area contributed by atoms with Gasteiger partial charge < -0.3 is 15.2 Å². The summed E-state index contributed by atoms with van der Waals surface area (Å²) in [7, 11) is 1.60. The first kappa shape index (κ1) is 12.7. The van der Waals surface area contributed by atoms with E-state index in [1.165, 1.54) is 0 Å². The van der Waals surface area contributed by atoms with Crippen LogP contribution in [0, 0.1) is 6.92 Å². The number of rotatable bonds is 6. The van der Waals surface area contributed by atoms with E-state index in [9.17, 15) is 4.79 Å². The molecule has 1 aromatic carbocycles. The monoisotopic (exact) mass is 223 g/mol. The van der Waals surface area contributed by atoms with Gasteiger partial charge in [-0.25, -0.2) is 0 Å². The topological polar surface area (TPSA) is 61.5 Å². The maximum absolute atomic E-state index is 11.7. The Labute approximate surface area is 95.3 Å². The highest BCUT2D eigenvalue weighted by atomic mass is 16.5. The van der Waals surface area contributed by atoms with Crippen LogP contribution in [0.5, 0.6) is 5.75 Å². The van der Waals surface area contributed by atoms with Gasteiger partial charge in [0.15, 0.2) is 5.78 Å². The van der Waals surface area contributed by atoms with Gasteiger partial charge in [-0.1, -0.05) is 0 Å². The molecule has 0 atom stereocenters. The fourth-order valence-electron chi connectivity index (χ4n) is 1.40. The highest BCUT2D eigenvalue weighted by Gasteiger charge is 2.09. The van der Waals surface area contributed by atoms with Crippen molar-refractivity contribution < 1.29 is 14.3 Å². The number of hydrogen-bond acceptors (Lipinski definition) is 4. The van der Waals surface area contributed by atoms with E-state index in [0.717, 1.165) is 11.3 Å². The van der Waals surface area contributed by atoms with Crippen molar-refractivity contribution in [2.75, 3.05) is 26.9 Å². The molecule has 0 aliphatic heterocycles. The van der Waals surface area contributed by atoms with Gasteiger partial charge in [-0.2, -0.15) is 0 Å². The van der Waals surface area contributed by atoms with E-state index in [4.69, 9.17) is 15.2 Å². The molecule has 4 nitrogen and oxygen atoms in total. The molecule has 2 N–H and O–H groups in total. The van der Waals surface area contributed by atoms with E-state index in [1.54, 1.807) is 19.2 Å². The van der Waals surface area contributed by atoms with E-state index in [0.29, 0.717) is 18.7 Å². The second-order valence-electron chi connectivity index (χ2n) is 3.45. The molecule has 16 heavy (non-hydrogen) atoms. The van der Waals surface area contributed by atoms with Crippen LogP contribution in [-0.2, 0) is 4.74 Å². The highest BCUT2D eigenvalue weighted by Crippen LogP contribution is 2.17. The van der Waals surface area contributed by atoms with Crippen molar-refractivity contribution in [2.45, 2.75) is 6.92 Å². The van der Waals surface area contributed by atoms with E-state index in [1.807, 2.05) is 13.0 Å². The van der Waals surface area contributed by atoms with Crippen LogP contribution in [0.1, 0.15) is 15.9 Å². The van der Waals surface area contributed by atoms with Crippen LogP contribution in [-0.4, -0.2) is 32.7 Å². The molecule has 4 heteroatoms. The number of Topliss-reactive ketones (excluding diaryl/α,β-unsaturated/α-hetero) is 1. The smallest absolute Gasteiger partial charge is 0.188 e. The van der Waals surface area contributed by atoms with E-state index < -0.39 is 0 Å². The first-order valence-corrected chi connectivity index (χ1v) is 5.14. The zero-order valence-electron chi connectivity index (χ0n) is 9.66. The van der Waals surface area contributed by atoms with Gasteiger partial charge in [0.1, 0.15) is 12.4 Å². The normalized spacial score (nSPS) is 10.2. The number of carbonyl (C=O) groups is 1. The number of carbonyl (C=O) groups excluding carboxylic acids is 1. The summed E-state index contributed by atoms with van der Waals surface area (Å²) in [5.74, 6) is 0.713. The molecule has 0 radical (unpaired) electrons. The van der Waals surface area contributed by atoms with Crippen LogP contribution < -0.4 is 10.5 Å². The van der Waals surface area contributed by atoms with Crippen LogP contribution in [0.2, 0.25) is 0 Å². The lowest BCUT2D eigenvalue weighted by Gasteiger charge is -2.07. The van der Waals surface area contributed by atoms with Crippen LogP contribution in [0.15, 0.2) is 18.2 Å². The lowest BCUT2D eigenvalue weighted by atomic mass is 10.0. The van der Waals surface area contributed by atoms with Crippen molar-refractivity contribution in [3.05, 3.63) is 29.3 Å². The average molecular weight is 223 g/mol. The predicted molar refractivity (Wildman–Crippen MR) is 61.9 cm³/mol. The molecule has 0 saturated heterocycles. The Kier molecular flexibility index (Phi) is 4.95. The standard InChI is InChI=1S/C12H17NO3/c1-9-7-10(15-2)3-4-11(9)12(14)8-16-6-5-13/h3-4,7H,5-6,8,13H2,1-2H3. The van der Waals surface area contributed by atoms with Crippen LogP contribution in [0.4, 0.5) is 0 Å². The van der Waals surface area contributed by atoms with Gasteiger partial charge in [0, 0.05) is 12.1 Å². The zero-order valence-corrected chi connectivity index (χ0v) is 9.66. The van der Waals surface area contributed by atoms with Crippen molar-refractivity contribution in [3.8, 4) is 5.75 Å². The van der Waals surface area contributed by atoms with E-state index in [2.05, 4.69) is 0 Å². The maximum Gasteiger partial charge on any atom is 0.188 e. The van der Waals surface area contributed by atoms with Gasteiger partial charge >= 0.3 is 0 Å². The molecule has 0 fully saturated rings. The third-order valence-electron chi connectivity index (χ3n) is 2.23. The van der Waals surface area contributed by atoms with Crippen molar-refractivity contribution in [1.29, 1.82) is 0 Å². The van der Waals surface area contributed by atoms with Crippen molar-refractivity contribution in [3.63, 3.8) is 0 Å². The summed E-state index contributed by atoms with van der Waals surface area (Å²) in [5.41, 5.74) is 6.82. The molecular weight excluding hydrogens is 206 g/mol. The Bertz CT molecular complexity index is 363. The van der Waals surface area contributed by atoms with Gasteiger partial charge in [-0.15, -0.1) is 0 Å². The summed E-state index contributed by atoms with van der Waals surface area (Å²) in [6.07, 6.45) is 0. The average Bonchev–Trinajstić information content (AvgIpc) is 2.29. The van der Waals surface area contributed by atoms with Crippen LogP contribution >= 0.6 is 0 Å². The van der Waals surface area contributed by atoms with Crippen LogP contribution in [0.25, 0.3) is 0 Å². The van der Waals surface area contributed by atoms with Gasteiger partial charge in [0.2, 0.25) is 0 Å². The minimum atomic E-state index is -0.0337. The predicted octanol–water partition coefficient (Wildman–Crippen LogP) is 1.16. The van der Waals surface area contributed by atoms with Crippen LogP contribution in [0.3, 0.4) is 0 Å². The van der Waals surface area contributed by atoms with Crippen molar-refractivity contribution in [2.24, 2.45) is 5.73 Å². The Morgan fingerprint density at radius 3 is 2.75 bits per heavy atom. The number of aryl methyl sites for hydroxylation is 1. The minimum Gasteiger partial charge on any atom is -0.497 e. The molecule has 0 heterocycles. The van der Waals surface area contributed by atoms with Gasteiger partial charge in [0.25, 0.3) is 0 Å². The molecule has 0 aliphatic carbocycles. The quantitative estimate of drug-likeness (QED) is 0.580. The lowest BCUT2D eigenvalue weighted by molar-refractivity contribution is 0.0773. The van der Waals surface area contributed by atoms with Crippen molar-refractivity contribution in [1.82, 2.24) is 0 Å². The molecule has 1 aromatic rings. The molecule has 0 spiro atoms. The van der Waals surface area contributed by atoms with Gasteiger partial charge in [0.05, 0.1) is 13.7 Å². The third-order valence-corrected chi connectivity index (χ3v) is 2.23. The van der Waals surface area contributed by atoms with E-state index >= 15 is 0 Å². The molecule has 0 aliphatic rings. The minimum absolute atomic E-state index is 0.0337. The number of ether oxygens (including phenoxy) is 2. The summed E-state index contributed by atoms with van der Waals surface area (Å²) < 4.78 is 10.2. The van der Waals surface area contributed by atoms with Crippen molar-refractivity contribution >= 4 is 5.78 Å². The second-order valence-corrected chi connectivity index (χ2v) is 3.45. The molecular formula is C12H17NO3. The molecule has 1 rings (SSSR count). The fourth-order valence-corrected chi connectivity index (χ4v) is 1.40. The Morgan fingerprint density at radius 2 is 2.19 bits per heavy atom. The summed E-state index contributed by atoms with van der Waals surface area (Å²) in [4.78, 5) is 11.7. The summed E-state index contributed by atoms with van der Waals surface area (Å²) in [6, 6.07) is 5.35. The first-order chi connectivity index (χ1) is 7.69. The Morgan fingerprint density at radius 1 is 1.44 bits per heavy atom. The number of hydrogen-bond donors (Lipinski definition) is 1. The summed E-state index contributed by atoms with van der Waals surface area (Å²) in [6.45, 7) is 2.78. The number of ketones is 1. The molecule has 0 amide bonds. The summed E-state index contributed by atoms with van der Waals surface area (Å²) >= 11 is 0. The number of benzene rings is 1. The fraction of sp³-hybridized carbons (Fsp3) is 0.417. The third kappa shape index (κ3) is 3.32. The Balaban J connectivity index is 2.68. The van der Waals surface area contributed by atoms with Gasteiger partial charge in [-0.3, -0.25) is 4.79 Å². The summed E-state index contributed by atoms with van der Waals surface area (Å²) in [5, 5.41) is 0. The number of nitrogens with two attached hydrogens (primary N) is 1. The lowest BCUT2D eigenvalue weighted by Crippen LogP contribution is -2.15. The molecule has 0 saturated carbocycles. The maximum atomic E-state index is 11.7. The molecule has 0 bridgehead atoms. The first-order valence-electron chi connectivity index (χ1n) is 5.14. The highest BCUT2D eigenvalue weighted by molar-refractivity contribution is 5.98. The second kappa shape index (κ2) is 6.25. The molecule has 0 unspecified atom stereocenters.